The predicted octanol–water partition coefficient (Wildman–Crippen LogP) is 2.04. The summed E-state index contributed by atoms with van der Waals surface area (Å²) in [5, 5.41) is 5.74. The van der Waals surface area contributed by atoms with Crippen LogP contribution in [0.4, 0.5) is 4.79 Å². The molecule has 1 heterocycles. The molecule has 4 amide bonds. The highest BCUT2D eigenvalue weighted by molar-refractivity contribution is 6.08. The first-order valence-corrected chi connectivity index (χ1v) is 9.62. The van der Waals surface area contributed by atoms with Gasteiger partial charge in [0.2, 0.25) is 5.91 Å². The number of nitrogens with zero attached hydrogens (tertiary/aromatic N) is 1. The monoisotopic (exact) mass is 347 g/mol. The third-order valence-corrected chi connectivity index (χ3v) is 7.13. The Labute approximate surface area is 149 Å². The van der Waals surface area contributed by atoms with Gasteiger partial charge in [0.1, 0.15) is 12.1 Å². The Morgan fingerprint density at radius 2 is 1.68 bits per heavy atom. The van der Waals surface area contributed by atoms with Crippen LogP contribution in [0.25, 0.3) is 0 Å². The number of rotatable bonds is 4. The van der Waals surface area contributed by atoms with Crippen LogP contribution < -0.4 is 10.6 Å². The summed E-state index contributed by atoms with van der Waals surface area (Å²) in [6, 6.07) is -0.380. The van der Waals surface area contributed by atoms with Gasteiger partial charge in [0, 0.05) is 6.04 Å². The molecule has 138 valence electrons. The molecule has 0 aromatic carbocycles. The zero-order valence-electron chi connectivity index (χ0n) is 15.4. The fourth-order valence-corrected chi connectivity index (χ4v) is 6.25. The molecule has 5 fully saturated rings. The Hall–Kier alpha value is -1.59. The number of hydrogen-bond donors (Lipinski definition) is 2. The van der Waals surface area contributed by atoms with E-state index in [0.29, 0.717) is 0 Å². The number of amides is 4. The van der Waals surface area contributed by atoms with E-state index in [2.05, 4.69) is 17.6 Å². The minimum absolute atomic E-state index is 0.0992. The molecule has 1 aliphatic heterocycles. The molecule has 5 rings (SSSR count). The molecular weight excluding hydrogens is 318 g/mol. The largest absolute Gasteiger partial charge is 0.352 e. The van der Waals surface area contributed by atoms with Crippen LogP contribution in [0.1, 0.15) is 59.3 Å². The lowest BCUT2D eigenvalue weighted by Gasteiger charge is -2.59. The molecule has 25 heavy (non-hydrogen) atoms. The molecule has 0 unspecified atom stereocenters. The van der Waals surface area contributed by atoms with Crippen LogP contribution in [0, 0.1) is 23.2 Å². The van der Waals surface area contributed by atoms with Crippen molar-refractivity contribution < 1.29 is 14.4 Å². The number of urea groups is 1. The molecule has 0 aromatic heterocycles. The summed E-state index contributed by atoms with van der Waals surface area (Å²) in [7, 11) is 0. The van der Waals surface area contributed by atoms with Crippen LogP contribution in [-0.2, 0) is 9.59 Å². The van der Waals surface area contributed by atoms with E-state index >= 15 is 0 Å². The molecule has 4 aliphatic carbocycles. The molecule has 1 atom stereocenters. The summed E-state index contributed by atoms with van der Waals surface area (Å²) in [5.41, 5.74) is -0.705. The fraction of sp³-hybridized carbons (Fsp3) is 0.842. The Morgan fingerprint density at radius 1 is 1.16 bits per heavy atom. The van der Waals surface area contributed by atoms with Gasteiger partial charge in [-0.15, -0.1) is 0 Å². The Balaban J connectivity index is 1.40. The van der Waals surface area contributed by atoms with Crippen molar-refractivity contribution in [1.82, 2.24) is 15.5 Å². The van der Waals surface area contributed by atoms with Gasteiger partial charge in [0.05, 0.1) is 0 Å². The normalized spacial score (nSPS) is 39.5. The van der Waals surface area contributed by atoms with E-state index in [9.17, 15) is 14.4 Å². The second-order valence-electron chi connectivity index (χ2n) is 9.52. The van der Waals surface area contributed by atoms with Crippen molar-refractivity contribution in [2.24, 2.45) is 23.2 Å². The number of hydrogen-bond acceptors (Lipinski definition) is 3. The summed E-state index contributed by atoms with van der Waals surface area (Å²) in [4.78, 5) is 37.7. The van der Waals surface area contributed by atoms with Crippen molar-refractivity contribution in [3.63, 3.8) is 0 Å². The number of imide groups is 1. The van der Waals surface area contributed by atoms with Crippen molar-refractivity contribution in [1.29, 1.82) is 0 Å². The summed E-state index contributed by atoms with van der Waals surface area (Å²) in [6.07, 6.45) is 7.77. The predicted molar refractivity (Wildman–Crippen MR) is 92.5 cm³/mol. The van der Waals surface area contributed by atoms with Crippen LogP contribution >= 0.6 is 0 Å². The molecule has 5 aliphatic rings. The Bertz CT molecular complexity index is 592. The van der Waals surface area contributed by atoms with E-state index < -0.39 is 11.6 Å². The maximum atomic E-state index is 12.5. The third-order valence-electron chi connectivity index (χ3n) is 7.13. The second kappa shape index (κ2) is 5.45. The summed E-state index contributed by atoms with van der Waals surface area (Å²) in [6.45, 7) is 5.23. The Morgan fingerprint density at radius 3 is 2.12 bits per heavy atom. The summed E-state index contributed by atoms with van der Waals surface area (Å²) in [5.74, 6) is 1.92. The quantitative estimate of drug-likeness (QED) is 0.764. The number of nitrogens with one attached hydrogen (secondary N) is 2. The molecule has 6 heteroatoms. The maximum absolute atomic E-state index is 12.5. The smallest absolute Gasteiger partial charge is 0.325 e. The standard InChI is InChI=1S/C19H29N3O3/c1-11(19-7-12-4-13(8-19)6-14(5-12)9-19)20-15(23)10-22-16(24)18(2,3)21-17(22)25/h11-14H,4-10H2,1-3H3,(H,20,23)(H,21,25)/t11-,12?,13?,14?,19?/m1/s1. The van der Waals surface area contributed by atoms with E-state index in [4.69, 9.17) is 0 Å². The van der Waals surface area contributed by atoms with E-state index in [-0.39, 0.29) is 29.8 Å². The van der Waals surface area contributed by atoms with Crippen molar-refractivity contribution >= 4 is 17.8 Å². The lowest BCUT2D eigenvalue weighted by molar-refractivity contribution is -0.135. The van der Waals surface area contributed by atoms with Gasteiger partial charge in [-0.2, -0.15) is 0 Å². The van der Waals surface area contributed by atoms with Gasteiger partial charge in [-0.1, -0.05) is 0 Å². The minimum atomic E-state index is -0.928. The first-order valence-electron chi connectivity index (χ1n) is 9.62. The first-order chi connectivity index (χ1) is 11.7. The average molecular weight is 347 g/mol. The van der Waals surface area contributed by atoms with Crippen LogP contribution in [-0.4, -0.2) is 40.9 Å². The van der Waals surface area contributed by atoms with E-state index in [1.807, 2.05) is 0 Å². The van der Waals surface area contributed by atoms with Crippen molar-refractivity contribution in [3.05, 3.63) is 0 Å². The van der Waals surface area contributed by atoms with E-state index in [1.54, 1.807) is 13.8 Å². The molecule has 4 bridgehead atoms. The summed E-state index contributed by atoms with van der Waals surface area (Å²) < 4.78 is 0. The van der Waals surface area contributed by atoms with Gasteiger partial charge in [-0.25, -0.2) is 4.79 Å². The molecule has 4 saturated carbocycles. The average Bonchev–Trinajstić information content (AvgIpc) is 2.68. The molecule has 2 N–H and O–H groups in total. The molecule has 0 aromatic rings. The maximum Gasteiger partial charge on any atom is 0.325 e. The van der Waals surface area contributed by atoms with E-state index in [0.717, 1.165) is 22.7 Å². The summed E-state index contributed by atoms with van der Waals surface area (Å²) >= 11 is 0. The zero-order valence-corrected chi connectivity index (χ0v) is 15.4. The van der Waals surface area contributed by atoms with Crippen LogP contribution in [0.5, 0.6) is 0 Å². The third kappa shape index (κ3) is 2.74. The minimum Gasteiger partial charge on any atom is -0.352 e. The second-order valence-corrected chi connectivity index (χ2v) is 9.52. The van der Waals surface area contributed by atoms with Gasteiger partial charge < -0.3 is 10.6 Å². The van der Waals surface area contributed by atoms with Crippen molar-refractivity contribution in [2.45, 2.75) is 70.9 Å². The fourth-order valence-electron chi connectivity index (χ4n) is 6.25. The number of carbonyl (C=O) groups excluding carboxylic acids is 3. The van der Waals surface area contributed by atoms with Gasteiger partial charge >= 0.3 is 6.03 Å². The Kier molecular flexibility index (Phi) is 3.68. The van der Waals surface area contributed by atoms with E-state index in [1.165, 1.54) is 38.5 Å². The van der Waals surface area contributed by atoms with Crippen molar-refractivity contribution in [2.75, 3.05) is 6.54 Å². The topological polar surface area (TPSA) is 78.5 Å². The van der Waals surface area contributed by atoms with Crippen molar-refractivity contribution in [3.8, 4) is 0 Å². The van der Waals surface area contributed by atoms with Gasteiger partial charge in [-0.05, 0) is 82.5 Å². The lowest BCUT2D eigenvalue weighted by Crippen LogP contribution is -2.57. The highest BCUT2D eigenvalue weighted by atomic mass is 16.2. The SMILES string of the molecule is C[C@@H](NC(=O)CN1C(=O)NC(C)(C)C1=O)C12CC3CC(CC(C3)C1)C2. The van der Waals surface area contributed by atoms with Gasteiger partial charge in [0.15, 0.2) is 0 Å². The molecular formula is C19H29N3O3. The van der Waals surface area contributed by atoms with Crippen LogP contribution in [0.2, 0.25) is 0 Å². The van der Waals surface area contributed by atoms with Crippen LogP contribution in [0.15, 0.2) is 0 Å². The first kappa shape index (κ1) is 16.9. The van der Waals surface area contributed by atoms with Gasteiger partial charge in [-0.3, -0.25) is 14.5 Å². The molecule has 0 spiro atoms. The highest BCUT2D eigenvalue weighted by Gasteiger charge is 2.53. The number of carbonyl (C=O) groups is 3. The van der Waals surface area contributed by atoms with Gasteiger partial charge in [0.25, 0.3) is 5.91 Å². The highest BCUT2D eigenvalue weighted by Crippen LogP contribution is 2.61. The van der Waals surface area contributed by atoms with Crippen LogP contribution in [0.3, 0.4) is 0 Å². The zero-order chi connectivity index (χ0) is 18.0. The molecule has 1 saturated heterocycles. The molecule has 0 radical (unpaired) electrons. The molecule has 6 nitrogen and oxygen atoms in total. The lowest BCUT2D eigenvalue weighted by atomic mass is 9.48.